The van der Waals surface area contributed by atoms with Gasteiger partial charge in [-0.05, 0) is 29.8 Å². The molecule has 0 saturated carbocycles. The van der Waals surface area contributed by atoms with Crippen molar-refractivity contribution in [2.45, 2.75) is 0 Å². The highest BCUT2D eigenvalue weighted by molar-refractivity contribution is 6.22. The van der Waals surface area contributed by atoms with Crippen molar-refractivity contribution in [1.82, 2.24) is 34.9 Å². The van der Waals surface area contributed by atoms with Crippen molar-refractivity contribution in [3.63, 3.8) is 0 Å². The summed E-state index contributed by atoms with van der Waals surface area (Å²) in [6.07, 6.45) is 0. The highest BCUT2D eigenvalue weighted by atomic mass is 15.5. The van der Waals surface area contributed by atoms with Crippen LogP contribution in [0.1, 0.15) is 0 Å². The minimum atomic E-state index is 0.613. The van der Waals surface area contributed by atoms with Crippen molar-refractivity contribution in [3.05, 3.63) is 176 Å². The molecule has 0 N–H and O–H groups in total. The maximum absolute atomic E-state index is 5.40. The summed E-state index contributed by atoms with van der Waals surface area (Å²) in [4.78, 5) is 21.8. The standard InChI is InChI=1S/C46H29N7/c1-5-14-31(15-6-1)41-38-28-29-39-43(52-53(51-39)35-20-11-4-12-21-35)40(38)37-23-13-22-36(42(37)47-41)30-24-26-34(27-25-30)46-49-44(32-16-7-2-8-17-32)48-45(50-46)33-18-9-3-10-19-33/h1-29H. The Labute approximate surface area is 304 Å². The third kappa shape index (κ3) is 5.48. The van der Waals surface area contributed by atoms with Gasteiger partial charge in [0.1, 0.15) is 11.0 Å². The number of benzene rings is 7. The number of rotatable bonds is 6. The van der Waals surface area contributed by atoms with Crippen LogP contribution in [-0.4, -0.2) is 34.9 Å². The lowest BCUT2D eigenvalue weighted by atomic mass is 9.95. The van der Waals surface area contributed by atoms with E-state index in [4.69, 9.17) is 30.1 Å². The fourth-order valence-corrected chi connectivity index (χ4v) is 6.95. The summed E-state index contributed by atoms with van der Waals surface area (Å²) < 4.78 is 0. The molecule has 0 radical (unpaired) electrons. The highest BCUT2D eigenvalue weighted by Crippen LogP contribution is 2.39. The smallest absolute Gasteiger partial charge is 0.164 e. The van der Waals surface area contributed by atoms with Gasteiger partial charge in [0, 0.05) is 44.0 Å². The van der Waals surface area contributed by atoms with Crippen molar-refractivity contribution in [2.24, 2.45) is 0 Å². The first-order chi connectivity index (χ1) is 26.3. The molecule has 7 aromatic carbocycles. The van der Waals surface area contributed by atoms with Crippen molar-refractivity contribution in [1.29, 1.82) is 0 Å². The zero-order chi connectivity index (χ0) is 35.1. The average Bonchev–Trinajstić information content (AvgIpc) is 3.69. The Morgan fingerprint density at radius 1 is 0.340 bits per heavy atom. The second-order valence-corrected chi connectivity index (χ2v) is 12.8. The van der Waals surface area contributed by atoms with Gasteiger partial charge >= 0.3 is 0 Å². The molecule has 7 nitrogen and oxygen atoms in total. The van der Waals surface area contributed by atoms with Gasteiger partial charge in [0.2, 0.25) is 0 Å². The molecule has 3 aromatic heterocycles. The quantitative estimate of drug-likeness (QED) is 0.163. The predicted molar refractivity (Wildman–Crippen MR) is 212 cm³/mol. The minimum Gasteiger partial charge on any atom is -0.246 e. The van der Waals surface area contributed by atoms with Gasteiger partial charge in [0.15, 0.2) is 17.5 Å². The van der Waals surface area contributed by atoms with E-state index in [1.807, 2.05) is 103 Å². The molecule has 53 heavy (non-hydrogen) atoms. The monoisotopic (exact) mass is 679 g/mol. The van der Waals surface area contributed by atoms with Gasteiger partial charge < -0.3 is 0 Å². The second kappa shape index (κ2) is 12.7. The molecular formula is C46H29N7. The van der Waals surface area contributed by atoms with E-state index in [0.717, 1.165) is 77.5 Å². The molecule has 0 aliphatic carbocycles. The lowest BCUT2D eigenvalue weighted by Gasteiger charge is -2.14. The SMILES string of the molecule is c1ccc(-c2nc(-c3ccccc3)nc(-c3ccc(-c4cccc5c4nc(-c4ccccc4)c4ccc6nn(-c7ccccc7)nc6c45)cc3)n2)cc1. The second-order valence-electron chi connectivity index (χ2n) is 12.8. The van der Waals surface area contributed by atoms with E-state index >= 15 is 0 Å². The normalized spacial score (nSPS) is 11.4. The van der Waals surface area contributed by atoms with E-state index in [2.05, 4.69) is 72.8 Å². The summed E-state index contributed by atoms with van der Waals surface area (Å²) in [6, 6.07) is 59.4. The van der Waals surface area contributed by atoms with Gasteiger partial charge in [-0.15, -0.1) is 10.2 Å². The van der Waals surface area contributed by atoms with Gasteiger partial charge in [0.05, 0.1) is 16.9 Å². The molecule has 0 bridgehead atoms. The Kier molecular flexibility index (Phi) is 7.32. The molecule has 0 aliphatic rings. The molecule has 3 heterocycles. The summed E-state index contributed by atoms with van der Waals surface area (Å²) in [6.45, 7) is 0. The van der Waals surface area contributed by atoms with Crippen LogP contribution >= 0.6 is 0 Å². The van der Waals surface area contributed by atoms with E-state index in [1.165, 1.54) is 0 Å². The highest BCUT2D eigenvalue weighted by Gasteiger charge is 2.19. The van der Waals surface area contributed by atoms with Crippen molar-refractivity contribution >= 4 is 32.7 Å². The Hall–Kier alpha value is -7.38. The number of fused-ring (bicyclic) bond motifs is 5. The summed E-state index contributed by atoms with van der Waals surface area (Å²) in [5, 5.41) is 13.0. The van der Waals surface area contributed by atoms with Crippen LogP contribution in [-0.2, 0) is 0 Å². The number of nitrogens with zero attached hydrogens (tertiary/aromatic N) is 7. The van der Waals surface area contributed by atoms with Crippen molar-refractivity contribution < 1.29 is 0 Å². The number of para-hydroxylation sites is 2. The predicted octanol–water partition coefficient (Wildman–Crippen LogP) is 10.6. The molecule has 0 unspecified atom stereocenters. The lowest BCUT2D eigenvalue weighted by molar-refractivity contribution is 0.766. The summed E-state index contributed by atoms with van der Waals surface area (Å²) in [5.74, 6) is 1.88. The van der Waals surface area contributed by atoms with E-state index in [0.29, 0.717) is 17.5 Å². The Balaban J connectivity index is 1.14. The van der Waals surface area contributed by atoms with Crippen LogP contribution < -0.4 is 0 Å². The van der Waals surface area contributed by atoms with Crippen LogP contribution in [0.5, 0.6) is 0 Å². The zero-order valence-corrected chi connectivity index (χ0v) is 28.4. The topological polar surface area (TPSA) is 82.3 Å². The molecule has 0 fully saturated rings. The summed E-state index contributed by atoms with van der Waals surface area (Å²) in [7, 11) is 0. The fraction of sp³-hybridized carbons (Fsp3) is 0. The first-order valence-corrected chi connectivity index (χ1v) is 17.5. The molecule has 0 atom stereocenters. The Morgan fingerprint density at radius 3 is 1.47 bits per heavy atom. The molecule has 10 rings (SSSR count). The van der Waals surface area contributed by atoms with Crippen LogP contribution in [0.25, 0.3) is 94.9 Å². The summed E-state index contributed by atoms with van der Waals surface area (Å²) >= 11 is 0. The van der Waals surface area contributed by atoms with E-state index in [9.17, 15) is 0 Å². The first-order valence-electron chi connectivity index (χ1n) is 17.5. The first kappa shape index (κ1) is 30.4. The van der Waals surface area contributed by atoms with Crippen LogP contribution in [0.3, 0.4) is 0 Å². The van der Waals surface area contributed by atoms with Crippen molar-refractivity contribution in [2.75, 3.05) is 0 Å². The number of pyridine rings is 1. The van der Waals surface area contributed by atoms with Crippen molar-refractivity contribution in [3.8, 4) is 62.2 Å². The van der Waals surface area contributed by atoms with Gasteiger partial charge in [-0.3, -0.25) is 0 Å². The average molecular weight is 680 g/mol. The van der Waals surface area contributed by atoms with Crippen LogP contribution in [0.15, 0.2) is 176 Å². The maximum Gasteiger partial charge on any atom is 0.164 e. The summed E-state index contributed by atoms with van der Waals surface area (Å²) in [5.41, 5.74) is 10.2. The van der Waals surface area contributed by atoms with Gasteiger partial charge in [-0.25, -0.2) is 19.9 Å². The lowest BCUT2D eigenvalue weighted by Crippen LogP contribution is -2.00. The molecule has 0 aliphatic heterocycles. The minimum absolute atomic E-state index is 0.613. The van der Waals surface area contributed by atoms with Crippen LogP contribution in [0.2, 0.25) is 0 Å². The molecular weight excluding hydrogens is 651 g/mol. The van der Waals surface area contributed by atoms with E-state index in [1.54, 1.807) is 4.80 Å². The Morgan fingerprint density at radius 2 is 0.868 bits per heavy atom. The number of hydrogen-bond acceptors (Lipinski definition) is 6. The van der Waals surface area contributed by atoms with E-state index in [-0.39, 0.29) is 0 Å². The fourth-order valence-electron chi connectivity index (χ4n) is 6.95. The largest absolute Gasteiger partial charge is 0.246 e. The third-order valence-electron chi connectivity index (χ3n) is 9.53. The Bertz CT molecular complexity index is 2850. The molecule has 7 heteroatoms. The molecule has 0 spiro atoms. The van der Waals surface area contributed by atoms with Gasteiger partial charge in [0.25, 0.3) is 0 Å². The van der Waals surface area contributed by atoms with Gasteiger partial charge in [-0.1, -0.05) is 152 Å². The van der Waals surface area contributed by atoms with Gasteiger partial charge in [-0.2, -0.15) is 4.80 Å². The maximum atomic E-state index is 5.40. The third-order valence-corrected chi connectivity index (χ3v) is 9.53. The molecule has 0 amide bonds. The molecule has 0 saturated heterocycles. The number of hydrogen-bond donors (Lipinski definition) is 0. The van der Waals surface area contributed by atoms with Crippen LogP contribution in [0.4, 0.5) is 0 Å². The van der Waals surface area contributed by atoms with Crippen LogP contribution in [0, 0.1) is 0 Å². The zero-order valence-electron chi connectivity index (χ0n) is 28.4. The number of aromatic nitrogens is 7. The molecule has 10 aromatic rings. The molecule has 248 valence electrons. The van der Waals surface area contributed by atoms with E-state index < -0.39 is 0 Å².